The molecular weight excluding hydrogens is 250 g/mol. The number of aliphatic hydroxyl groups is 1. The van der Waals surface area contributed by atoms with Gasteiger partial charge >= 0.3 is 0 Å². The molecule has 1 aliphatic carbocycles. The van der Waals surface area contributed by atoms with E-state index < -0.39 is 6.10 Å². The Morgan fingerprint density at radius 1 is 1.33 bits per heavy atom. The number of hydrogen-bond acceptors (Lipinski definition) is 3. The quantitative estimate of drug-likeness (QED) is 0.740. The molecule has 1 aromatic carbocycles. The summed E-state index contributed by atoms with van der Waals surface area (Å²) in [5, 5.41) is 23.5. The fourth-order valence-corrected chi connectivity index (χ4v) is 2.92. The van der Waals surface area contributed by atoms with E-state index in [0.717, 1.165) is 31.2 Å². The molecule has 1 unspecified atom stereocenters. The van der Waals surface area contributed by atoms with E-state index in [1.165, 1.54) is 12.0 Å². The summed E-state index contributed by atoms with van der Waals surface area (Å²) in [6.07, 6.45) is 4.64. The van der Waals surface area contributed by atoms with Crippen LogP contribution in [0.25, 0.3) is 0 Å². The molecule has 0 saturated carbocycles. The Hall–Kier alpha value is -0.770. The molecule has 100 valence electrons. The Balaban J connectivity index is 2.43. The summed E-state index contributed by atoms with van der Waals surface area (Å²) in [4.78, 5) is 0. The van der Waals surface area contributed by atoms with Crippen LogP contribution >= 0.6 is 11.6 Å². The van der Waals surface area contributed by atoms with E-state index in [0.29, 0.717) is 17.1 Å². The van der Waals surface area contributed by atoms with Crippen molar-refractivity contribution in [3.63, 3.8) is 0 Å². The lowest BCUT2D eigenvalue weighted by Gasteiger charge is -2.18. The van der Waals surface area contributed by atoms with Crippen LogP contribution in [-0.2, 0) is 12.8 Å². The Morgan fingerprint density at radius 3 is 2.78 bits per heavy atom. The summed E-state index contributed by atoms with van der Waals surface area (Å²) in [7, 11) is 1.77. The minimum Gasteiger partial charge on any atom is -0.506 e. The highest BCUT2D eigenvalue weighted by atomic mass is 35.5. The fraction of sp³-hybridized carbons (Fsp3) is 0.571. The highest BCUT2D eigenvalue weighted by molar-refractivity contribution is 6.33. The Morgan fingerprint density at radius 2 is 2.06 bits per heavy atom. The number of aryl methyl sites for hydroxylation is 1. The van der Waals surface area contributed by atoms with Gasteiger partial charge in [0.15, 0.2) is 0 Å². The predicted molar refractivity (Wildman–Crippen MR) is 73.3 cm³/mol. The smallest absolute Gasteiger partial charge is 0.140 e. The third-order valence-corrected chi connectivity index (χ3v) is 4.00. The molecule has 3 N–H and O–H groups in total. The van der Waals surface area contributed by atoms with Gasteiger partial charge in [-0.05, 0) is 49.9 Å². The van der Waals surface area contributed by atoms with Crippen molar-refractivity contribution in [1.82, 2.24) is 5.32 Å². The van der Waals surface area contributed by atoms with Gasteiger partial charge in [-0.1, -0.05) is 18.0 Å². The van der Waals surface area contributed by atoms with Crippen LogP contribution in [0.1, 0.15) is 42.1 Å². The molecule has 4 heteroatoms. The van der Waals surface area contributed by atoms with E-state index in [2.05, 4.69) is 5.32 Å². The van der Waals surface area contributed by atoms with Gasteiger partial charge < -0.3 is 15.5 Å². The maximum absolute atomic E-state index is 10.1. The number of phenolic OH excluding ortho intramolecular Hbond substituents is 1. The second kappa shape index (κ2) is 5.91. The van der Waals surface area contributed by atoms with Gasteiger partial charge in [-0.2, -0.15) is 0 Å². The molecule has 0 aliphatic heterocycles. The summed E-state index contributed by atoms with van der Waals surface area (Å²) in [5.74, 6) is 0.0417. The molecule has 0 aromatic heterocycles. The third kappa shape index (κ3) is 2.63. The van der Waals surface area contributed by atoms with Crippen molar-refractivity contribution in [3.8, 4) is 5.75 Å². The average molecular weight is 270 g/mol. The third-order valence-electron chi connectivity index (χ3n) is 3.59. The molecule has 0 heterocycles. The summed E-state index contributed by atoms with van der Waals surface area (Å²) >= 11 is 6.25. The van der Waals surface area contributed by atoms with Crippen LogP contribution < -0.4 is 5.32 Å². The van der Waals surface area contributed by atoms with E-state index in [9.17, 15) is 10.2 Å². The summed E-state index contributed by atoms with van der Waals surface area (Å²) in [6.45, 7) is 0.405. The number of aliphatic hydroxyl groups excluding tert-OH is 1. The van der Waals surface area contributed by atoms with Crippen molar-refractivity contribution >= 4 is 11.6 Å². The van der Waals surface area contributed by atoms with Crippen molar-refractivity contribution in [2.75, 3.05) is 13.6 Å². The van der Waals surface area contributed by atoms with Gasteiger partial charge in [0, 0.05) is 12.1 Å². The molecule has 0 amide bonds. The first-order valence-corrected chi connectivity index (χ1v) is 6.88. The summed E-state index contributed by atoms with van der Waals surface area (Å²) in [6, 6.07) is 1.92. The predicted octanol–water partition coefficient (Wildman–Crippen LogP) is 2.57. The number of likely N-dealkylation sites (N-methyl/N-ethyl adjacent to an activating group) is 1. The largest absolute Gasteiger partial charge is 0.506 e. The van der Waals surface area contributed by atoms with Crippen molar-refractivity contribution in [2.45, 2.75) is 38.2 Å². The molecule has 0 radical (unpaired) electrons. The second-order valence-corrected chi connectivity index (χ2v) is 5.28. The second-order valence-electron chi connectivity index (χ2n) is 4.90. The van der Waals surface area contributed by atoms with E-state index in [-0.39, 0.29) is 5.75 Å². The van der Waals surface area contributed by atoms with Crippen LogP contribution in [0.3, 0.4) is 0 Å². The number of halogens is 1. The van der Waals surface area contributed by atoms with Crippen molar-refractivity contribution in [3.05, 3.63) is 27.8 Å². The Labute approximate surface area is 113 Å². The van der Waals surface area contributed by atoms with Crippen LogP contribution in [0.2, 0.25) is 5.02 Å². The lowest BCUT2D eigenvalue weighted by Crippen LogP contribution is -2.17. The molecule has 0 saturated heterocycles. The van der Waals surface area contributed by atoms with Gasteiger partial charge in [-0.15, -0.1) is 0 Å². The molecule has 1 atom stereocenters. The first kappa shape index (κ1) is 13.7. The zero-order valence-electron chi connectivity index (χ0n) is 10.7. The first-order chi connectivity index (χ1) is 8.65. The molecular formula is C14H20ClNO2. The lowest BCUT2D eigenvalue weighted by molar-refractivity contribution is 0.174. The highest BCUT2D eigenvalue weighted by Gasteiger charge is 2.21. The Kier molecular flexibility index (Phi) is 4.49. The topological polar surface area (TPSA) is 52.5 Å². The van der Waals surface area contributed by atoms with Crippen LogP contribution in [0.4, 0.5) is 0 Å². The first-order valence-electron chi connectivity index (χ1n) is 6.51. The number of hydrogen-bond donors (Lipinski definition) is 3. The van der Waals surface area contributed by atoms with E-state index >= 15 is 0 Å². The maximum Gasteiger partial charge on any atom is 0.140 e. The van der Waals surface area contributed by atoms with Crippen LogP contribution in [0.15, 0.2) is 6.07 Å². The minimum absolute atomic E-state index is 0.0417. The molecule has 0 bridgehead atoms. The average Bonchev–Trinajstić information content (AvgIpc) is 2.59. The standard InChI is InChI=1S/C14H20ClNO2/c1-16-8-12(17)11-7-9-5-3-2-4-6-10(9)13(15)14(11)18/h7,12,16-18H,2-6,8H2,1H3. The molecule has 3 nitrogen and oxygen atoms in total. The number of rotatable bonds is 3. The van der Waals surface area contributed by atoms with Gasteiger partial charge in [0.2, 0.25) is 0 Å². The van der Waals surface area contributed by atoms with E-state index in [1.54, 1.807) is 7.05 Å². The monoisotopic (exact) mass is 269 g/mol. The van der Waals surface area contributed by atoms with Crippen molar-refractivity contribution in [1.29, 1.82) is 0 Å². The van der Waals surface area contributed by atoms with Crippen molar-refractivity contribution < 1.29 is 10.2 Å². The normalized spacial score (nSPS) is 17.1. The van der Waals surface area contributed by atoms with Crippen LogP contribution in [0.5, 0.6) is 5.75 Å². The lowest BCUT2D eigenvalue weighted by atomic mass is 9.96. The fourth-order valence-electron chi connectivity index (χ4n) is 2.60. The van der Waals surface area contributed by atoms with Gasteiger partial charge in [-0.25, -0.2) is 0 Å². The van der Waals surface area contributed by atoms with E-state index in [1.807, 2.05) is 6.07 Å². The van der Waals surface area contributed by atoms with Gasteiger partial charge in [0.05, 0.1) is 11.1 Å². The molecule has 2 rings (SSSR count). The van der Waals surface area contributed by atoms with Crippen LogP contribution in [0, 0.1) is 0 Å². The SMILES string of the molecule is CNCC(O)c1cc2c(c(Cl)c1O)CCCCC2. The number of phenols is 1. The molecule has 18 heavy (non-hydrogen) atoms. The molecule has 0 fully saturated rings. The molecule has 1 aromatic rings. The Bertz CT molecular complexity index is 434. The number of benzene rings is 1. The van der Waals surface area contributed by atoms with E-state index in [4.69, 9.17) is 11.6 Å². The number of nitrogens with one attached hydrogen (secondary N) is 1. The zero-order valence-corrected chi connectivity index (χ0v) is 11.4. The minimum atomic E-state index is -0.721. The maximum atomic E-state index is 10.1. The summed E-state index contributed by atoms with van der Waals surface area (Å²) < 4.78 is 0. The van der Waals surface area contributed by atoms with Crippen LogP contribution in [-0.4, -0.2) is 23.8 Å². The molecule has 1 aliphatic rings. The summed E-state index contributed by atoms with van der Waals surface area (Å²) in [5.41, 5.74) is 2.78. The zero-order chi connectivity index (χ0) is 13.1. The van der Waals surface area contributed by atoms with Gasteiger partial charge in [0.25, 0.3) is 0 Å². The molecule has 0 spiro atoms. The van der Waals surface area contributed by atoms with Gasteiger partial charge in [0.1, 0.15) is 5.75 Å². The number of aromatic hydroxyl groups is 1. The number of fused-ring (bicyclic) bond motifs is 1. The van der Waals surface area contributed by atoms with Gasteiger partial charge in [-0.3, -0.25) is 0 Å². The van der Waals surface area contributed by atoms with Crippen molar-refractivity contribution in [2.24, 2.45) is 0 Å². The highest BCUT2D eigenvalue weighted by Crippen LogP contribution is 2.39.